The molecular formula is C10H13N3. The summed E-state index contributed by atoms with van der Waals surface area (Å²) >= 11 is 0. The van der Waals surface area contributed by atoms with Crippen molar-refractivity contribution >= 4 is 5.69 Å². The van der Waals surface area contributed by atoms with Crippen LogP contribution in [0.15, 0.2) is 18.2 Å². The summed E-state index contributed by atoms with van der Waals surface area (Å²) in [6.45, 7) is 1.99. The van der Waals surface area contributed by atoms with Crippen molar-refractivity contribution in [2.75, 3.05) is 5.73 Å². The highest BCUT2D eigenvalue weighted by atomic mass is 14.6. The topological polar surface area (TPSA) is 75.8 Å². The second-order valence-corrected chi connectivity index (χ2v) is 2.97. The van der Waals surface area contributed by atoms with Gasteiger partial charge in [0.25, 0.3) is 0 Å². The molecule has 1 aromatic carbocycles. The van der Waals surface area contributed by atoms with Gasteiger partial charge in [0, 0.05) is 11.7 Å². The highest BCUT2D eigenvalue weighted by molar-refractivity contribution is 5.50. The average molecular weight is 175 g/mol. The van der Waals surface area contributed by atoms with Gasteiger partial charge in [0.15, 0.2) is 0 Å². The Balaban J connectivity index is 3.15. The van der Waals surface area contributed by atoms with E-state index in [-0.39, 0.29) is 6.04 Å². The van der Waals surface area contributed by atoms with E-state index in [2.05, 4.69) is 6.07 Å². The minimum atomic E-state index is -0.0738. The fourth-order valence-corrected chi connectivity index (χ4v) is 1.21. The van der Waals surface area contributed by atoms with Crippen LogP contribution in [0.1, 0.15) is 30.5 Å². The maximum absolute atomic E-state index is 8.83. The molecule has 0 heterocycles. The highest BCUT2D eigenvalue weighted by Gasteiger charge is 2.08. The summed E-state index contributed by atoms with van der Waals surface area (Å²) in [6, 6.07) is 7.27. The van der Waals surface area contributed by atoms with Gasteiger partial charge in [-0.25, -0.2) is 0 Å². The van der Waals surface area contributed by atoms with Gasteiger partial charge in [0.2, 0.25) is 0 Å². The molecule has 0 fully saturated rings. The number of benzene rings is 1. The Bertz CT molecular complexity index is 339. The molecule has 1 atom stereocenters. The normalized spacial score (nSPS) is 12.1. The molecule has 0 amide bonds. The average Bonchev–Trinajstić information content (AvgIpc) is 2.16. The first kappa shape index (κ1) is 9.56. The van der Waals surface area contributed by atoms with Gasteiger partial charge in [-0.15, -0.1) is 0 Å². The zero-order chi connectivity index (χ0) is 9.84. The number of hydrogen-bond donors (Lipinski definition) is 2. The van der Waals surface area contributed by atoms with Gasteiger partial charge in [-0.3, -0.25) is 0 Å². The third-order valence-electron chi connectivity index (χ3n) is 2.04. The van der Waals surface area contributed by atoms with E-state index < -0.39 is 0 Å². The number of nitrogens with zero attached hydrogens (tertiary/aromatic N) is 1. The SMILES string of the molecule is CCC(N)c1ccc(N)cc1C#N. The van der Waals surface area contributed by atoms with Crippen molar-refractivity contribution in [1.82, 2.24) is 0 Å². The predicted molar refractivity (Wildman–Crippen MR) is 52.8 cm³/mol. The molecule has 1 unspecified atom stereocenters. The lowest BCUT2D eigenvalue weighted by molar-refractivity contribution is 0.697. The molecule has 1 aromatic rings. The van der Waals surface area contributed by atoms with Crippen LogP contribution in [0.5, 0.6) is 0 Å². The Labute approximate surface area is 78.0 Å². The molecule has 0 saturated heterocycles. The van der Waals surface area contributed by atoms with Crippen molar-refractivity contribution in [3.8, 4) is 6.07 Å². The summed E-state index contributed by atoms with van der Waals surface area (Å²) in [6.07, 6.45) is 0.818. The third kappa shape index (κ3) is 1.98. The lowest BCUT2D eigenvalue weighted by Crippen LogP contribution is -2.10. The fourth-order valence-electron chi connectivity index (χ4n) is 1.21. The molecule has 0 saturated carbocycles. The second-order valence-electron chi connectivity index (χ2n) is 2.97. The van der Waals surface area contributed by atoms with Crippen molar-refractivity contribution in [1.29, 1.82) is 5.26 Å². The minimum absolute atomic E-state index is 0.0738. The number of rotatable bonds is 2. The van der Waals surface area contributed by atoms with E-state index in [1.165, 1.54) is 0 Å². The highest BCUT2D eigenvalue weighted by Crippen LogP contribution is 2.20. The predicted octanol–water partition coefficient (Wildman–Crippen LogP) is 1.55. The molecule has 68 valence electrons. The molecule has 4 N–H and O–H groups in total. The molecule has 3 nitrogen and oxygen atoms in total. The number of anilines is 1. The van der Waals surface area contributed by atoms with Gasteiger partial charge in [0.05, 0.1) is 11.6 Å². The maximum Gasteiger partial charge on any atom is 0.0995 e. The molecule has 0 aliphatic heterocycles. The number of hydrogen-bond acceptors (Lipinski definition) is 3. The van der Waals surface area contributed by atoms with Gasteiger partial charge in [-0.1, -0.05) is 13.0 Å². The summed E-state index contributed by atoms with van der Waals surface area (Å²) in [5, 5.41) is 8.83. The van der Waals surface area contributed by atoms with E-state index in [1.54, 1.807) is 12.1 Å². The van der Waals surface area contributed by atoms with Crippen LogP contribution in [0, 0.1) is 11.3 Å². The first-order chi connectivity index (χ1) is 6.19. The molecule has 0 bridgehead atoms. The molecule has 0 aromatic heterocycles. The fraction of sp³-hybridized carbons (Fsp3) is 0.300. The minimum Gasteiger partial charge on any atom is -0.399 e. The van der Waals surface area contributed by atoms with E-state index in [4.69, 9.17) is 16.7 Å². The summed E-state index contributed by atoms with van der Waals surface area (Å²) in [5.41, 5.74) is 13.4. The van der Waals surface area contributed by atoms with Crippen molar-refractivity contribution in [2.45, 2.75) is 19.4 Å². The first-order valence-electron chi connectivity index (χ1n) is 4.24. The lowest BCUT2D eigenvalue weighted by atomic mass is 9.99. The molecule has 1 rings (SSSR count). The van der Waals surface area contributed by atoms with Gasteiger partial charge in [-0.2, -0.15) is 5.26 Å². The Morgan fingerprint density at radius 3 is 2.77 bits per heavy atom. The molecular weight excluding hydrogens is 162 g/mol. The van der Waals surface area contributed by atoms with Crippen LogP contribution in [0.2, 0.25) is 0 Å². The van der Waals surface area contributed by atoms with Crippen LogP contribution in [0.4, 0.5) is 5.69 Å². The Hall–Kier alpha value is -1.53. The summed E-state index contributed by atoms with van der Waals surface area (Å²) in [7, 11) is 0. The molecule has 13 heavy (non-hydrogen) atoms. The van der Waals surface area contributed by atoms with Gasteiger partial charge < -0.3 is 11.5 Å². The molecule has 0 spiro atoms. The monoisotopic (exact) mass is 175 g/mol. The van der Waals surface area contributed by atoms with Crippen LogP contribution in [0.3, 0.4) is 0 Å². The zero-order valence-electron chi connectivity index (χ0n) is 7.62. The molecule has 0 aliphatic carbocycles. The van der Waals surface area contributed by atoms with Crippen molar-refractivity contribution < 1.29 is 0 Å². The summed E-state index contributed by atoms with van der Waals surface area (Å²) in [4.78, 5) is 0. The molecule has 0 aliphatic rings. The number of nitriles is 1. The van der Waals surface area contributed by atoms with Gasteiger partial charge in [0.1, 0.15) is 0 Å². The molecule has 3 heteroatoms. The zero-order valence-corrected chi connectivity index (χ0v) is 7.62. The van der Waals surface area contributed by atoms with Crippen LogP contribution in [-0.4, -0.2) is 0 Å². The largest absolute Gasteiger partial charge is 0.399 e. The maximum atomic E-state index is 8.83. The smallest absolute Gasteiger partial charge is 0.0995 e. The second kappa shape index (κ2) is 3.92. The van der Waals surface area contributed by atoms with Crippen LogP contribution >= 0.6 is 0 Å². The Morgan fingerprint density at radius 1 is 1.54 bits per heavy atom. The Kier molecular flexibility index (Phi) is 2.88. The quantitative estimate of drug-likeness (QED) is 0.669. The first-order valence-corrected chi connectivity index (χ1v) is 4.24. The van der Waals surface area contributed by atoms with Crippen LogP contribution in [0.25, 0.3) is 0 Å². The Morgan fingerprint density at radius 2 is 2.23 bits per heavy atom. The van der Waals surface area contributed by atoms with Crippen LogP contribution in [-0.2, 0) is 0 Å². The van der Waals surface area contributed by atoms with Crippen LogP contribution < -0.4 is 11.5 Å². The van der Waals surface area contributed by atoms with Crippen molar-refractivity contribution in [2.24, 2.45) is 5.73 Å². The standard InChI is InChI=1S/C10H13N3/c1-2-10(13)9-4-3-8(12)5-7(9)6-11/h3-5,10H,2,12-13H2,1H3. The van der Waals surface area contributed by atoms with E-state index in [0.29, 0.717) is 11.3 Å². The van der Waals surface area contributed by atoms with E-state index in [1.807, 2.05) is 13.0 Å². The number of nitrogens with two attached hydrogens (primary N) is 2. The number of nitrogen functional groups attached to an aromatic ring is 1. The van der Waals surface area contributed by atoms with Gasteiger partial charge >= 0.3 is 0 Å². The molecule has 0 radical (unpaired) electrons. The van der Waals surface area contributed by atoms with E-state index >= 15 is 0 Å². The van der Waals surface area contributed by atoms with Crippen molar-refractivity contribution in [3.63, 3.8) is 0 Å². The van der Waals surface area contributed by atoms with E-state index in [0.717, 1.165) is 12.0 Å². The summed E-state index contributed by atoms with van der Waals surface area (Å²) in [5.74, 6) is 0. The van der Waals surface area contributed by atoms with Gasteiger partial charge in [-0.05, 0) is 24.1 Å². The third-order valence-corrected chi connectivity index (χ3v) is 2.04. The van der Waals surface area contributed by atoms with E-state index in [9.17, 15) is 0 Å². The lowest BCUT2D eigenvalue weighted by Gasteiger charge is -2.10. The summed E-state index contributed by atoms with van der Waals surface area (Å²) < 4.78 is 0. The van der Waals surface area contributed by atoms with Crippen molar-refractivity contribution in [3.05, 3.63) is 29.3 Å².